The Labute approximate surface area is 192 Å². The highest BCUT2D eigenvalue weighted by molar-refractivity contribution is 7.99. The van der Waals surface area contributed by atoms with Gasteiger partial charge in [-0.3, -0.25) is 4.57 Å². The summed E-state index contributed by atoms with van der Waals surface area (Å²) >= 11 is 1.79. The molecule has 0 radical (unpaired) electrons. The van der Waals surface area contributed by atoms with E-state index in [0.717, 1.165) is 54.9 Å². The highest BCUT2D eigenvalue weighted by Gasteiger charge is 2.23. The fourth-order valence-electron chi connectivity index (χ4n) is 5.03. The third-order valence-corrected chi connectivity index (χ3v) is 7.62. The van der Waals surface area contributed by atoms with Crippen molar-refractivity contribution in [3.63, 3.8) is 0 Å². The Balaban J connectivity index is 1.54. The Hall–Kier alpha value is -4.09. The van der Waals surface area contributed by atoms with Gasteiger partial charge in [-0.15, -0.1) is 0 Å². The summed E-state index contributed by atoms with van der Waals surface area (Å²) in [5, 5.41) is 4.49. The van der Waals surface area contributed by atoms with Gasteiger partial charge in [-0.1, -0.05) is 54.2 Å². The van der Waals surface area contributed by atoms with Gasteiger partial charge in [-0.25, -0.2) is 9.97 Å². The van der Waals surface area contributed by atoms with Crippen LogP contribution in [0.4, 0.5) is 0 Å². The molecule has 3 aromatic heterocycles. The normalized spacial score (nSPS) is 12.7. The zero-order chi connectivity index (χ0) is 21.5. The van der Waals surface area contributed by atoms with Crippen LogP contribution in [0.5, 0.6) is 0 Å². The molecule has 0 bridgehead atoms. The summed E-state index contributed by atoms with van der Waals surface area (Å²) in [6, 6.07) is 29.5. The van der Waals surface area contributed by atoms with Gasteiger partial charge < -0.3 is 4.42 Å². The maximum atomic E-state index is 5.70. The van der Waals surface area contributed by atoms with Crippen molar-refractivity contribution < 1.29 is 4.42 Å². The van der Waals surface area contributed by atoms with Crippen molar-refractivity contribution in [1.82, 2.24) is 14.5 Å². The first-order valence-corrected chi connectivity index (χ1v) is 11.7. The molecule has 154 valence electrons. The molecule has 1 aliphatic heterocycles. The predicted octanol–water partition coefficient (Wildman–Crippen LogP) is 7.60. The van der Waals surface area contributed by atoms with Gasteiger partial charge in [0, 0.05) is 36.9 Å². The van der Waals surface area contributed by atoms with Gasteiger partial charge in [0.25, 0.3) is 0 Å². The van der Waals surface area contributed by atoms with E-state index in [4.69, 9.17) is 14.4 Å². The van der Waals surface area contributed by atoms with E-state index in [2.05, 4.69) is 83.4 Å². The minimum Gasteiger partial charge on any atom is -0.464 e. The van der Waals surface area contributed by atoms with Crippen molar-refractivity contribution in [1.29, 1.82) is 0 Å². The Bertz CT molecular complexity index is 1910. The summed E-state index contributed by atoms with van der Waals surface area (Å²) in [4.78, 5) is 12.7. The minimum absolute atomic E-state index is 0.686. The number of rotatable bonds is 1. The second kappa shape index (κ2) is 6.24. The summed E-state index contributed by atoms with van der Waals surface area (Å²) in [5.41, 5.74) is 6.16. The van der Waals surface area contributed by atoms with E-state index >= 15 is 0 Å². The van der Waals surface area contributed by atoms with Gasteiger partial charge in [0.2, 0.25) is 5.95 Å². The highest BCUT2D eigenvalue weighted by atomic mass is 32.2. The van der Waals surface area contributed by atoms with Crippen LogP contribution in [-0.2, 0) is 0 Å². The Morgan fingerprint density at radius 3 is 2.61 bits per heavy atom. The maximum Gasteiger partial charge on any atom is 0.235 e. The van der Waals surface area contributed by atoms with E-state index in [1.807, 2.05) is 6.07 Å². The quantitative estimate of drug-likeness (QED) is 0.263. The monoisotopic (exact) mass is 441 g/mol. The number of aromatic nitrogens is 3. The Morgan fingerprint density at radius 2 is 1.61 bits per heavy atom. The fraction of sp³-hybridized carbons (Fsp3) is 0. The Morgan fingerprint density at radius 1 is 0.727 bits per heavy atom. The zero-order valence-electron chi connectivity index (χ0n) is 17.3. The minimum atomic E-state index is 0.686. The summed E-state index contributed by atoms with van der Waals surface area (Å²) in [6.07, 6.45) is 1.74. The molecule has 5 heteroatoms. The van der Waals surface area contributed by atoms with Gasteiger partial charge >= 0.3 is 0 Å². The Kier molecular flexibility index (Phi) is 3.30. The lowest BCUT2D eigenvalue weighted by atomic mass is 10.1. The zero-order valence-corrected chi connectivity index (χ0v) is 18.1. The van der Waals surface area contributed by atoms with Gasteiger partial charge in [0.15, 0.2) is 0 Å². The number of furan rings is 1. The molecule has 0 fully saturated rings. The van der Waals surface area contributed by atoms with Gasteiger partial charge in [-0.05, 0) is 42.5 Å². The average molecular weight is 442 g/mol. The SMILES string of the molecule is c1ccc2c(c1)Sc1cccc3nc(-n4c5ccccc5c5cc6occc6cc54)nc-2c13. The standard InChI is InChI=1S/C28H15N3OS/c1-3-9-21-17(6-1)19-15-23-16(12-13-32-23)14-22(19)31(21)28-29-20-8-5-11-25-26(20)27(30-28)18-7-2-4-10-24(18)33-25/h1-15H. The van der Waals surface area contributed by atoms with Crippen molar-refractivity contribution in [2.45, 2.75) is 9.79 Å². The first-order chi connectivity index (χ1) is 16.3. The largest absolute Gasteiger partial charge is 0.464 e. The highest BCUT2D eigenvalue weighted by Crippen LogP contribution is 2.47. The molecule has 0 spiro atoms. The summed E-state index contributed by atoms with van der Waals surface area (Å²) in [5.74, 6) is 0.686. The van der Waals surface area contributed by atoms with Crippen LogP contribution in [0.2, 0.25) is 0 Å². The number of para-hydroxylation sites is 1. The maximum absolute atomic E-state index is 5.70. The average Bonchev–Trinajstić information content (AvgIpc) is 3.44. The fourth-order valence-corrected chi connectivity index (χ4v) is 6.14. The molecule has 33 heavy (non-hydrogen) atoms. The molecule has 1 aliphatic rings. The van der Waals surface area contributed by atoms with E-state index in [1.165, 1.54) is 9.79 Å². The van der Waals surface area contributed by atoms with Crippen LogP contribution in [0, 0.1) is 0 Å². The topological polar surface area (TPSA) is 43.9 Å². The van der Waals surface area contributed by atoms with Crippen LogP contribution in [0.25, 0.3) is 60.9 Å². The first kappa shape index (κ1) is 17.5. The van der Waals surface area contributed by atoms with Crippen LogP contribution < -0.4 is 0 Å². The molecule has 0 N–H and O–H groups in total. The molecular formula is C28H15N3OS. The van der Waals surface area contributed by atoms with Crippen molar-refractivity contribution in [2.24, 2.45) is 0 Å². The van der Waals surface area contributed by atoms with E-state index in [1.54, 1.807) is 18.0 Å². The van der Waals surface area contributed by atoms with Gasteiger partial charge in [0.05, 0.1) is 28.5 Å². The van der Waals surface area contributed by atoms with Crippen LogP contribution >= 0.6 is 11.8 Å². The molecule has 4 nitrogen and oxygen atoms in total. The van der Waals surface area contributed by atoms with Crippen LogP contribution in [-0.4, -0.2) is 14.5 Å². The molecule has 7 aromatic rings. The second-order valence-corrected chi connectivity index (χ2v) is 9.38. The third-order valence-electron chi connectivity index (χ3n) is 6.48. The number of fused-ring (bicyclic) bond motifs is 6. The van der Waals surface area contributed by atoms with E-state index < -0.39 is 0 Å². The number of nitrogens with zero attached hydrogens (tertiary/aromatic N) is 3. The lowest BCUT2D eigenvalue weighted by Gasteiger charge is -2.20. The first-order valence-electron chi connectivity index (χ1n) is 10.8. The van der Waals surface area contributed by atoms with E-state index in [-0.39, 0.29) is 0 Å². The number of hydrogen-bond acceptors (Lipinski definition) is 4. The summed E-state index contributed by atoms with van der Waals surface area (Å²) in [6.45, 7) is 0. The van der Waals surface area contributed by atoms with Crippen molar-refractivity contribution in [2.75, 3.05) is 0 Å². The van der Waals surface area contributed by atoms with Crippen molar-refractivity contribution >= 4 is 55.4 Å². The second-order valence-electron chi connectivity index (χ2n) is 8.30. The van der Waals surface area contributed by atoms with Gasteiger partial charge in [0.1, 0.15) is 5.58 Å². The summed E-state index contributed by atoms with van der Waals surface area (Å²) in [7, 11) is 0. The van der Waals surface area contributed by atoms with Crippen LogP contribution in [0.1, 0.15) is 0 Å². The molecule has 4 heterocycles. The molecule has 4 aromatic carbocycles. The van der Waals surface area contributed by atoms with Crippen molar-refractivity contribution in [3.05, 3.63) is 91.2 Å². The van der Waals surface area contributed by atoms with Gasteiger partial charge in [-0.2, -0.15) is 0 Å². The number of hydrogen-bond donors (Lipinski definition) is 0. The molecule has 0 atom stereocenters. The molecule has 0 amide bonds. The van der Waals surface area contributed by atoms with E-state index in [9.17, 15) is 0 Å². The molecule has 0 saturated heterocycles. The van der Waals surface area contributed by atoms with Crippen molar-refractivity contribution in [3.8, 4) is 17.2 Å². The third kappa shape index (κ3) is 2.32. The van der Waals surface area contributed by atoms with Crippen LogP contribution in [0.15, 0.2) is 105 Å². The van der Waals surface area contributed by atoms with E-state index in [0.29, 0.717) is 5.95 Å². The van der Waals surface area contributed by atoms with Crippen LogP contribution in [0.3, 0.4) is 0 Å². The smallest absolute Gasteiger partial charge is 0.235 e. The molecule has 0 unspecified atom stereocenters. The lowest BCUT2D eigenvalue weighted by Crippen LogP contribution is -2.05. The summed E-state index contributed by atoms with van der Waals surface area (Å²) < 4.78 is 7.89. The molecule has 0 aliphatic carbocycles. The number of benzene rings is 4. The molecule has 8 rings (SSSR count). The predicted molar refractivity (Wildman–Crippen MR) is 133 cm³/mol. The lowest BCUT2D eigenvalue weighted by molar-refractivity contribution is 0.616. The molecular weight excluding hydrogens is 426 g/mol. The molecule has 0 saturated carbocycles.